The van der Waals surface area contributed by atoms with Crippen LogP contribution in [0.3, 0.4) is 0 Å². The zero-order valence-corrected chi connectivity index (χ0v) is 14.0. The Morgan fingerprint density at radius 2 is 2.12 bits per heavy atom. The van der Waals surface area contributed by atoms with E-state index in [1.54, 1.807) is 10.8 Å². The molecule has 2 aliphatic heterocycles. The van der Waals surface area contributed by atoms with E-state index in [1.807, 2.05) is 6.92 Å². The number of nitrogens with one attached hydrogen (secondary N) is 1. The van der Waals surface area contributed by atoms with Gasteiger partial charge in [-0.25, -0.2) is 4.68 Å². The number of nitrogens with two attached hydrogens (primary N) is 1. The number of aromatic nitrogens is 3. The van der Waals surface area contributed by atoms with Crippen LogP contribution in [0.5, 0.6) is 0 Å². The Kier molecular flexibility index (Phi) is 3.84. The van der Waals surface area contributed by atoms with Crippen LogP contribution in [0.25, 0.3) is 17.7 Å². The summed E-state index contributed by atoms with van der Waals surface area (Å²) >= 11 is 0. The van der Waals surface area contributed by atoms with Crippen LogP contribution in [-0.2, 0) is 4.74 Å². The molecule has 0 bridgehead atoms. The zero-order chi connectivity index (χ0) is 18.3. The van der Waals surface area contributed by atoms with Crippen LogP contribution in [0.4, 0.5) is 5.88 Å². The van der Waals surface area contributed by atoms with Crippen molar-refractivity contribution < 1.29 is 14.1 Å². The quantitative estimate of drug-likeness (QED) is 0.603. The second kappa shape index (κ2) is 6.19. The van der Waals surface area contributed by atoms with Gasteiger partial charge in [-0.1, -0.05) is 0 Å². The number of nitro groups is 1. The van der Waals surface area contributed by atoms with Gasteiger partial charge in [0, 0.05) is 24.9 Å². The Morgan fingerprint density at radius 3 is 2.81 bits per heavy atom. The SMILES string of the molecule is CC(=C1Nn2c(nnc2-c2ccc([N+](=O)[O-])o2)C=C1N)N1CCOCC1. The minimum atomic E-state index is -0.601. The summed E-state index contributed by atoms with van der Waals surface area (Å²) < 4.78 is 12.2. The summed E-state index contributed by atoms with van der Waals surface area (Å²) in [4.78, 5) is 12.4. The largest absolute Gasteiger partial charge is 0.433 e. The first-order valence-corrected chi connectivity index (χ1v) is 8.03. The average Bonchev–Trinajstić information content (AvgIpc) is 3.27. The van der Waals surface area contributed by atoms with Gasteiger partial charge in [0.1, 0.15) is 4.92 Å². The molecule has 0 aliphatic carbocycles. The van der Waals surface area contributed by atoms with Crippen LogP contribution in [0.2, 0.25) is 0 Å². The Bertz CT molecular complexity index is 920. The van der Waals surface area contributed by atoms with Crippen LogP contribution in [-0.4, -0.2) is 51.0 Å². The fourth-order valence-electron chi connectivity index (χ4n) is 2.94. The highest BCUT2D eigenvalue weighted by atomic mass is 16.6. The van der Waals surface area contributed by atoms with Crippen LogP contribution >= 0.6 is 0 Å². The number of furan rings is 1. The van der Waals surface area contributed by atoms with Crippen molar-refractivity contribution in [3.63, 3.8) is 0 Å². The summed E-state index contributed by atoms with van der Waals surface area (Å²) in [7, 11) is 0. The number of ether oxygens (including phenoxy) is 1. The molecule has 0 spiro atoms. The number of morpholine rings is 1. The zero-order valence-electron chi connectivity index (χ0n) is 14.0. The van der Waals surface area contributed by atoms with Crippen molar-refractivity contribution in [1.82, 2.24) is 19.8 Å². The van der Waals surface area contributed by atoms with E-state index in [0.29, 0.717) is 30.6 Å². The molecule has 2 aromatic rings. The third-order valence-corrected chi connectivity index (χ3v) is 4.32. The highest BCUT2D eigenvalue weighted by molar-refractivity contribution is 5.62. The minimum absolute atomic E-state index is 0.236. The van der Waals surface area contributed by atoms with Crippen LogP contribution in [0.1, 0.15) is 12.7 Å². The lowest BCUT2D eigenvalue weighted by atomic mass is 10.2. The van der Waals surface area contributed by atoms with Gasteiger partial charge in [-0.2, -0.15) is 0 Å². The van der Waals surface area contributed by atoms with Crippen molar-refractivity contribution in [3.8, 4) is 11.6 Å². The molecule has 0 aromatic carbocycles. The molecule has 0 atom stereocenters. The Hall–Kier alpha value is -3.34. The van der Waals surface area contributed by atoms with Crippen molar-refractivity contribution in [2.75, 3.05) is 31.7 Å². The molecule has 26 heavy (non-hydrogen) atoms. The predicted octanol–water partition coefficient (Wildman–Crippen LogP) is 0.867. The van der Waals surface area contributed by atoms with Gasteiger partial charge in [0.15, 0.2) is 11.6 Å². The molecule has 0 saturated carbocycles. The van der Waals surface area contributed by atoms with Crippen molar-refractivity contribution in [2.24, 2.45) is 5.73 Å². The summed E-state index contributed by atoms with van der Waals surface area (Å²) in [6, 6.07) is 2.76. The number of rotatable bonds is 3. The number of nitrogens with zero attached hydrogens (tertiary/aromatic N) is 5. The highest BCUT2D eigenvalue weighted by Gasteiger charge is 2.25. The third kappa shape index (κ3) is 2.67. The van der Waals surface area contributed by atoms with E-state index < -0.39 is 4.92 Å². The van der Waals surface area contributed by atoms with Crippen LogP contribution in [0, 0.1) is 10.1 Å². The monoisotopic (exact) mass is 359 g/mol. The molecule has 136 valence electrons. The van der Waals surface area contributed by atoms with Gasteiger partial charge < -0.3 is 19.8 Å². The fraction of sp³-hybridized carbons (Fsp3) is 0.333. The normalized spacial score (nSPS) is 18.8. The smallest absolute Gasteiger partial charge is 0.397 e. The first-order valence-electron chi connectivity index (χ1n) is 8.03. The van der Waals surface area contributed by atoms with E-state index in [4.69, 9.17) is 14.9 Å². The van der Waals surface area contributed by atoms with Gasteiger partial charge in [-0.3, -0.25) is 15.5 Å². The molecule has 4 heterocycles. The van der Waals surface area contributed by atoms with Gasteiger partial charge in [0.05, 0.1) is 30.7 Å². The number of allylic oxidation sites excluding steroid dienone is 1. The number of hydrogen-bond acceptors (Lipinski definition) is 9. The van der Waals surface area contributed by atoms with E-state index in [1.165, 1.54) is 12.1 Å². The Morgan fingerprint density at radius 1 is 1.35 bits per heavy atom. The Labute approximate surface area is 147 Å². The van der Waals surface area contributed by atoms with Gasteiger partial charge >= 0.3 is 5.88 Å². The highest BCUT2D eigenvalue weighted by Crippen LogP contribution is 2.28. The van der Waals surface area contributed by atoms with Gasteiger partial charge in [0.2, 0.25) is 5.82 Å². The first kappa shape index (κ1) is 16.1. The molecule has 2 aromatic heterocycles. The molecule has 1 saturated heterocycles. The van der Waals surface area contributed by atoms with Crippen molar-refractivity contribution >= 4 is 12.0 Å². The van der Waals surface area contributed by atoms with E-state index in [-0.39, 0.29) is 11.6 Å². The van der Waals surface area contributed by atoms with Gasteiger partial charge in [-0.05, 0) is 13.0 Å². The fourth-order valence-corrected chi connectivity index (χ4v) is 2.94. The Balaban J connectivity index is 1.71. The molecule has 2 aliphatic rings. The van der Waals surface area contributed by atoms with Crippen LogP contribution in [0.15, 0.2) is 33.6 Å². The second-order valence-corrected chi connectivity index (χ2v) is 5.88. The molecular weight excluding hydrogens is 342 g/mol. The molecule has 0 radical (unpaired) electrons. The van der Waals surface area contributed by atoms with Crippen molar-refractivity contribution in [2.45, 2.75) is 6.92 Å². The predicted molar refractivity (Wildman–Crippen MR) is 91.0 cm³/mol. The average molecular weight is 359 g/mol. The van der Waals surface area contributed by atoms with Gasteiger partial charge in [-0.15, -0.1) is 10.2 Å². The number of hydrogen-bond donors (Lipinski definition) is 2. The van der Waals surface area contributed by atoms with Crippen molar-refractivity contribution in [1.29, 1.82) is 0 Å². The first-order chi connectivity index (χ1) is 12.5. The molecule has 1 fully saturated rings. The van der Waals surface area contributed by atoms with Crippen LogP contribution < -0.4 is 11.2 Å². The lowest BCUT2D eigenvalue weighted by molar-refractivity contribution is -0.401. The summed E-state index contributed by atoms with van der Waals surface area (Å²) in [5.74, 6) is 0.683. The van der Waals surface area contributed by atoms with E-state index >= 15 is 0 Å². The standard InChI is InChI=1S/C15H17N7O4/c1-9(20-4-6-25-7-5-20)14-10(16)8-12-17-18-15(21(12)19-14)11-2-3-13(26-11)22(23)24/h2-3,8,19H,4-7,16H2,1H3. The maximum atomic E-state index is 10.8. The second-order valence-electron chi connectivity index (χ2n) is 5.88. The van der Waals surface area contributed by atoms with Gasteiger partial charge in [0.25, 0.3) is 0 Å². The van der Waals surface area contributed by atoms with E-state index in [2.05, 4.69) is 20.5 Å². The summed E-state index contributed by atoms with van der Waals surface area (Å²) in [6.45, 7) is 4.84. The minimum Gasteiger partial charge on any atom is -0.397 e. The molecule has 0 amide bonds. The molecular formula is C15H17N7O4. The summed E-state index contributed by atoms with van der Waals surface area (Å²) in [5.41, 5.74) is 11.6. The third-order valence-electron chi connectivity index (χ3n) is 4.32. The lowest BCUT2D eigenvalue weighted by Gasteiger charge is -2.32. The number of fused-ring (bicyclic) bond motifs is 1. The van der Waals surface area contributed by atoms with E-state index in [0.717, 1.165) is 24.5 Å². The maximum Gasteiger partial charge on any atom is 0.433 e. The van der Waals surface area contributed by atoms with Crippen molar-refractivity contribution in [3.05, 3.63) is 45.2 Å². The molecule has 3 N–H and O–H groups in total. The lowest BCUT2D eigenvalue weighted by Crippen LogP contribution is -2.37. The molecule has 4 rings (SSSR count). The molecule has 11 heteroatoms. The van der Waals surface area contributed by atoms with E-state index in [9.17, 15) is 10.1 Å². The summed E-state index contributed by atoms with van der Waals surface area (Å²) in [5, 5.41) is 18.9. The molecule has 11 nitrogen and oxygen atoms in total. The topological polar surface area (TPSA) is 138 Å². The maximum absolute atomic E-state index is 10.8. The molecule has 0 unspecified atom stereocenters. The summed E-state index contributed by atoms with van der Waals surface area (Å²) in [6.07, 6.45) is 1.70.